The highest BCUT2D eigenvalue weighted by Gasteiger charge is 2.05. The van der Waals surface area contributed by atoms with Crippen molar-refractivity contribution in [3.8, 4) is 0 Å². The molecule has 3 heteroatoms. The van der Waals surface area contributed by atoms with Crippen LogP contribution in [0.25, 0.3) is 0 Å². The molecule has 84 valence electrons. The standard InChI is InChI=1S/C13H16N2S/c1-10-6-7-12(16-10)9-15-11(2)13-5-3-4-8-14-13/h3-8,11,15H,9H2,1-2H3. The second-order valence-corrected chi connectivity index (χ2v) is 5.24. The van der Waals surface area contributed by atoms with Gasteiger partial charge in [-0.05, 0) is 38.1 Å². The van der Waals surface area contributed by atoms with E-state index in [4.69, 9.17) is 0 Å². The zero-order valence-electron chi connectivity index (χ0n) is 9.60. The van der Waals surface area contributed by atoms with Gasteiger partial charge in [0.25, 0.3) is 0 Å². The van der Waals surface area contributed by atoms with Crippen LogP contribution in [0.5, 0.6) is 0 Å². The molecule has 2 aromatic heterocycles. The fraction of sp³-hybridized carbons (Fsp3) is 0.308. The van der Waals surface area contributed by atoms with Crippen molar-refractivity contribution in [2.45, 2.75) is 26.4 Å². The topological polar surface area (TPSA) is 24.9 Å². The molecule has 16 heavy (non-hydrogen) atoms. The molecule has 0 amide bonds. The summed E-state index contributed by atoms with van der Waals surface area (Å²) in [4.78, 5) is 7.08. The van der Waals surface area contributed by atoms with Gasteiger partial charge in [0.1, 0.15) is 0 Å². The maximum Gasteiger partial charge on any atom is 0.0570 e. The average molecular weight is 232 g/mol. The minimum Gasteiger partial charge on any atom is -0.304 e. The molecule has 0 aromatic carbocycles. The Morgan fingerprint density at radius 3 is 2.81 bits per heavy atom. The number of aryl methyl sites for hydroxylation is 1. The van der Waals surface area contributed by atoms with Gasteiger partial charge in [-0.3, -0.25) is 4.98 Å². The highest BCUT2D eigenvalue weighted by Crippen LogP contribution is 2.16. The highest BCUT2D eigenvalue weighted by molar-refractivity contribution is 7.11. The molecule has 0 radical (unpaired) electrons. The molecule has 0 aliphatic carbocycles. The molecule has 0 bridgehead atoms. The van der Waals surface area contributed by atoms with E-state index in [2.05, 4.69) is 42.3 Å². The quantitative estimate of drug-likeness (QED) is 0.875. The van der Waals surface area contributed by atoms with Gasteiger partial charge in [-0.15, -0.1) is 11.3 Å². The first kappa shape index (κ1) is 11.3. The third-order valence-corrected chi connectivity index (χ3v) is 3.51. The Morgan fingerprint density at radius 2 is 2.19 bits per heavy atom. The molecule has 0 aliphatic heterocycles. The molecule has 0 saturated carbocycles. The number of aromatic nitrogens is 1. The van der Waals surface area contributed by atoms with Crippen molar-refractivity contribution in [2.24, 2.45) is 0 Å². The number of nitrogens with zero attached hydrogens (tertiary/aromatic N) is 1. The Hall–Kier alpha value is -1.19. The predicted octanol–water partition coefficient (Wildman–Crippen LogP) is 3.30. The third kappa shape index (κ3) is 2.90. The van der Waals surface area contributed by atoms with Crippen LogP contribution in [0.2, 0.25) is 0 Å². The Labute approximate surface area is 100 Å². The fourth-order valence-electron chi connectivity index (χ4n) is 1.57. The van der Waals surface area contributed by atoms with E-state index in [1.54, 1.807) is 0 Å². The number of nitrogens with one attached hydrogen (secondary N) is 1. The van der Waals surface area contributed by atoms with E-state index in [0.29, 0.717) is 6.04 Å². The lowest BCUT2D eigenvalue weighted by atomic mass is 10.2. The van der Waals surface area contributed by atoms with Crippen LogP contribution in [0.15, 0.2) is 36.5 Å². The summed E-state index contributed by atoms with van der Waals surface area (Å²) in [5.41, 5.74) is 1.09. The molecule has 1 atom stereocenters. The van der Waals surface area contributed by atoms with Crippen LogP contribution in [0, 0.1) is 6.92 Å². The third-order valence-electron chi connectivity index (χ3n) is 2.51. The van der Waals surface area contributed by atoms with Gasteiger partial charge in [0.15, 0.2) is 0 Å². The van der Waals surface area contributed by atoms with E-state index < -0.39 is 0 Å². The van der Waals surface area contributed by atoms with E-state index in [-0.39, 0.29) is 0 Å². The maximum atomic E-state index is 4.34. The van der Waals surface area contributed by atoms with Crippen molar-refractivity contribution < 1.29 is 0 Å². The molecule has 0 fully saturated rings. The number of hydrogen-bond donors (Lipinski definition) is 1. The second kappa shape index (κ2) is 5.23. The van der Waals surface area contributed by atoms with Crippen LogP contribution in [0.3, 0.4) is 0 Å². The predicted molar refractivity (Wildman–Crippen MR) is 68.5 cm³/mol. The lowest BCUT2D eigenvalue weighted by molar-refractivity contribution is 0.565. The molecule has 2 aromatic rings. The highest BCUT2D eigenvalue weighted by atomic mass is 32.1. The largest absolute Gasteiger partial charge is 0.304 e. The summed E-state index contributed by atoms with van der Waals surface area (Å²) in [6.45, 7) is 5.19. The van der Waals surface area contributed by atoms with Crippen molar-refractivity contribution in [1.82, 2.24) is 10.3 Å². The lowest BCUT2D eigenvalue weighted by Crippen LogP contribution is -2.18. The van der Waals surface area contributed by atoms with Crippen LogP contribution in [-0.2, 0) is 6.54 Å². The van der Waals surface area contributed by atoms with Gasteiger partial charge in [0.2, 0.25) is 0 Å². The summed E-state index contributed by atoms with van der Waals surface area (Å²) in [6, 6.07) is 10.7. The molecule has 1 N–H and O–H groups in total. The Balaban J connectivity index is 1.91. The first-order valence-corrected chi connectivity index (χ1v) is 6.27. The first-order chi connectivity index (χ1) is 7.75. The Kier molecular flexibility index (Phi) is 3.70. The Morgan fingerprint density at radius 1 is 1.31 bits per heavy atom. The number of hydrogen-bond acceptors (Lipinski definition) is 3. The van der Waals surface area contributed by atoms with Gasteiger partial charge in [0, 0.05) is 28.5 Å². The van der Waals surface area contributed by atoms with E-state index in [1.807, 2.05) is 29.7 Å². The zero-order chi connectivity index (χ0) is 11.4. The number of thiophene rings is 1. The van der Waals surface area contributed by atoms with Gasteiger partial charge < -0.3 is 5.32 Å². The van der Waals surface area contributed by atoms with Crippen molar-refractivity contribution in [3.63, 3.8) is 0 Å². The fourth-order valence-corrected chi connectivity index (χ4v) is 2.41. The smallest absolute Gasteiger partial charge is 0.0570 e. The molecule has 1 unspecified atom stereocenters. The Bertz CT molecular complexity index is 436. The summed E-state index contributed by atoms with van der Waals surface area (Å²) in [5.74, 6) is 0. The minimum atomic E-state index is 0.295. The summed E-state index contributed by atoms with van der Waals surface area (Å²) in [5, 5.41) is 3.48. The van der Waals surface area contributed by atoms with E-state index in [9.17, 15) is 0 Å². The molecule has 2 heterocycles. The van der Waals surface area contributed by atoms with E-state index >= 15 is 0 Å². The molecule has 2 nitrogen and oxygen atoms in total. The van der Waals surface area contributed by atoms with E-state index in [1.165, 1.54) is 9.75 Å². The number of rotatable bonds is 4. The second-order valence-electron chi connectivity index (χ2n) is 3.87. The van der Waals surface area contributed by atoms with Crippen LogP contribution < -0.4 is 5.32 Å². The average Bonchev–Trinajstić information content (AvgIpc) is 2.73. The molecule has 0 aliphatic rings. The van der Waals surface area contributed by atoms with Crippen LogP contribution in [0.4, 0.5) is 0 Å². The molecular weight excluding hydrogens is 216 g/mol. The van der Waals surface area contributed by atoms with Crippen LogP contribution >= 0.6 is 11.3 Å². The zero-order valence-corrected chi connectivity index (χ0v) is 10.4. The summed E-state index contributed by atoms with van der Waals surface area (Å²) >= 11 is 1.84. The summed E-state index contributed by atoms with van der Waals surface area (Å²) < 4.78 is 0. The monoisotopic (exact) mass is 232 g/mol. The van der Waals surface area contributed by atoms with Crippen LogP contribution in [0.1, 0.15) is 28.4 Å². The van der Waals surface area contributed by atoms with Gasteiger partial charge in [-0.25, -0.2) is 0 Å². The van der Waals surface area contributed by atoms with E-state index in [0.717, 1.165) is 12.2 Å². The maximum absolute atomic E-state index is 4.34. The van der Waals surface area contributed by atoms with Gasteiger partial charge in [-0.1, -0.05) is 6.07 Å². The SMILES string of the molecule is Cc1ccc(CNC(C)c2ccccn2)s1. The minimum absolute atomic E-state index is 0.295. The van der Waals surface area contributed by atoms with Crippen molar-refractivity contribution in [3.05, 3.63) is 52.0 Å². The first-order valence-electron chi connectivity index (χ1n) is 5.45. The van der Waals surface area contributed by atoms with Crippen molar-refractivity contribution >= 4 is 11.3 Å². The van der Waals surface area contributed by atoms with Crippen molar-refractivity contribution in [2.75, 3.05) is 0 Å². The summed E-state index contributed by atoms with van der Waals surface area (Å²) in [6.07, 6.45) is 1.84. The number of pyridine rings is 1. The molecule has 0 spiro atoms. The van der Waals surface area contributed by atoms with Gasteiger partial charge >= 0.3 is 0 Å². The van der Waals surface area contributed by atoms with Crippen molar-refractivity contribution in [1.29, 1.82) is 0 Å². The normalized spacial score (nSPS) is 12.6. The molecule has 0 saturated heterocycles. The van der Waals surface area contributed by atoms with Crippen LogP contribution in [-0.4, -0.2) is 4.98 Å². The lowest BCUT2D eigenvalue weighted by Gasteiger charge is -2.11. The van der Waals surface area contributed by atoms with Gasteiger partial charge in [-0.2, -0.15) is 0 Å². The van der Waals surface area contributed by atoms with Gasteiger partial charge in [0.05, 0.1) is 5.69 Å². The summed E-state index contributed by atoms with van der Waals surface area (Å²) in [7, 11) is 0. The molecule has 2 rings (SSSR count). The molecular formula is C13H16N2S.